The zero-order valence-corrected chi connectivity index (χ0v) is 11.1. The summed E-state index contributed by atoms with van der Waals surface area (Å²) in [6, 6.07) is 8.27. The molecule has 0 aliphatic carbocycles. The van der Waals surface area contributed by atoms with Gasteiger partial charge in [0.1, 0.15) is 0 Å². The molecule has 0 unspecified atom stereocenters. The molecule has 1 aromatic carbocycles. The number of hydrogen-bond donors (Lipinski definition) is 1. The van der Waals surface area contributed by atoms with Gasteiger partial charge < -0.3 is 5.73 Å². The van der Waals surface area contributed by atoms with Crippen LogP contribution in [0.5, 0.6) is 0 Å². The molecule has 2 heteroatoms. The molecule has 0 amide bonds. The molecular formula is C14H24ClN. The van der Waals surface area contributed by atoms with Gasteiger partial charge in [0.05, 0.1) is 0 Å². The summed E-state index contributed by atoms with van der Waals surface area (Å²) in [5.41, 5.74) is 7.92. The van der Waals surface area contributed by atoms with Crippen molar-refractivity contribution in [2.24, 2.45) is 0 Å². The monoisotopic (exact) mass is 241 g/mol. The van der Waals surface area contributed by atoms with Crippen LogP contribution in [0.2, 0.25) is 0 Å². The lowest BCUT2D eigenvalue weighted by atomic mass is 10.0. The van der Waals surface area contributed by atoms with Crippen molar-refractivity contribution in [3.8, 4) is 0 Å². The van der Waals surface area contributed by atoms with Crippen molar-refractivity contribution in [3.63, 3.8) is 0 Å². The molecule has 0 bridgehead atoms. The Labute approximate surface area is 106 Å². The normalized spacial score (nSPS) is 9.81. The summed E-state index contributed by atoms with van der Waals surface area (Å²) in [7, 11) is 0. The van der Waals surface area contributed by atoms with Gasteiger partial charge in [0, 0.05) is 5.69 Å². The minimum atomic E-state index is 0. The maximum Gasteiger partial charge on any atom is 0.0314 e. The molecule has 0 aliphatic heterocycles. The fraction of sp³-hybridized carbons (Fsp3) is 0.571. The van der Waals surface area contributed by atoms with Crippen molar-refractivity contribution >= 4 is 18.1 Å². The molecular weight excluding hydrogens is 218 g/mol. The Bertz CT molecular complexity index is 256. The van der Waals surface area contributed by atoms with Crippen molar-refractivity contribution < 1.29 is 0 Å². The number of benzene rings is 1. The molecule has 1 nitrogen and oxygen atoms in total. The number of nitrogens with two attached hydrogens (primary N) is 1. The minimum Gasteiger partial charge on any atom is -0.399 e. The number of aryl methyl sites for hydroxylation is 1. The van der Waals surface area contributed by atoms with E-state index in [1.165, 1.54) is 50.5 Å². The minimum absolute atomic E-state index is 0. The number of hydrogen-bond acceptors (Lipinski definition) is 1. The van der Waals surface area contributed by atoms with Crippen LogP contribution in [0.3, 0.4) is 0 Å². The van der Waals surface area contributed by atoms with E-state index in [1.807, 2.05) is 12.1 Å². The van der Waals surface area contributed by atoms with Crippen molar-refractivity contribution in [1.82, 2.24) is 0 Å². The second-order valence-corrected chi connectivity index (χ2v) is 4.26. The first-order valence-electron chi connectivity index (χ1n) is 6.17. The Morgan fingerprint density at radius 2 is 1.44 bits per heavy atom. The summed E-state index contributed by atoms with van der Waals surface area (Å²) >= 11 is 0. The Morgan fingerprint density at radius 1 is 0.875 bits per heavy atom. The Hall–Kier alpha value is -0.690. The van der Waals surface area contributed by atoms with Gasteiger partial charge in [-0.2, -0.15) is 0 Å². The van der Waals surface area contributed by atoms with Crippen LogP contribution in [-0.2, 0) is 6.42 Å². The number of unbranched alkanes of at least 4 members (excludes halogenated alkanes) is 5. The second kappa shape index (κ2) is 9.53. The summed E-state index contributed by atoms with van der Waals surface area (Å²) in [5.74, 6) is 0. The van der Waals surface area contributed by atoms with E-state index in [4.69, 9.17) is 5.73 Å². The highest BCUT2D eigenvalue weighted by Gasteiger charge is 1.93. The molecule has 92 valence electrons. The smallest absolute Gasteiger partial charge is 0.0314 e. The molecule has 0 atom stereocenters. The number of nitrogen functional groups attached to an aromatic ring is 1. The highest BCUT2D eigenvalue weighted by Crippen LogP contribution is 2.11. The molecule has 0 fully saturated rings. The molecule has 1 rings (SSSR count). The van der Waals surface area contributed by atoms with Gasteiger partial charge in [0.25, 0.3) is 0 Å². The molecule has 0 aromatic heterocycles. The third-order valence-electron chi connectivity index (χ3n) is 2.80. The van der Waals surface area contributed by atoms with Crippen LogP contribution in [0, 0.1) is 0 Å². The second-order valence-electron chi connectivity index (χ2n) is 4.26. The standard InChI is InChI=1S/C14H23N.ClH/c1-2-3-4-5-6-7-8-13-9-11-14(15)12-10-13;/h9-12H,2-8,15H2,1H3;1H. The molecule has 0 saturated carbocycles. The Kier molecular flexibility index (Phi) is 9.12. The van der Waals surface area contributed by atoms with Gasteiger partial charge in [-0.25, -0.2) is 0 Å². The van der Waals surface area contributed by atoms with E-state index in [0.29, 0.717) is 0 Å². The molecule has 0 aliphatic rings. The fourth-order valence-corrected chi connectivity index (χ4v) is 1.79. The topological polar surface area (TPSA) is 26.0 Å². The van der Waals surface area contributed by atoms with Gasteiger partial charge in [0.15, 0.2) is 0 Å². The summed E-state index contributed by atoms with van der Waals surface area (Å²) in [6.07, 6.45) is 9.39. The maximum atomic E-state index is 5.64. The first-order valence-corrected chi connectivity index (χ1v) is 6.17. The predicted molar refractivity (Wildman–Crippen MR) is 75.2 cm³/mol. The lowest BCUT2D eigenvalue weighted by molar-refractivity contribution is 0.607. The zero-order chi connectivity index (χ0) is 10.9. The van der Waals surface area contributed by atoms with Gasteiger partial charge in [-0.1, -0.05) is 51.2 Å². The summed E-state index contributed by atoms with van der Waals surface area (Å²) in [6.45, 7) is 2.26. The third kappa shape index (κ3) is 6.73. The van der Waals surface area contributed by atoms with E-state index in [2.05, 4.69) is 19.1 Å². The van der Waals surface area contributed by atoms with E-state index in [9.17, 15) is 0 Å². The van der Waals surface area contributed by atoms with E-state index in [-0.39, 0.29) is 12.4 Å². The molecule has 0 heterocycles. The predicted octanol–water partition coefficient (Wildman–Crippen LogP) is 4.59. The van der Waals surface area contributed by atoms with Crippen LogP contribution in [0.1, 0.15) is 51.0 Å². The third-order valence-corrected chi connectivity index (χ3v) is 2.80. The largest absolute Gasteiger partial charge is 0.399 e. The molecule has 0 radical (unpaired) electrons. The van der Waals surface area contributed by atoms with Crippen LogP contribution >= 0.6 is 12.4 Å². The van der Waals surface area contributed by atoms with E-state index in [0.717, 1.165) is 5.69 Å². The highest BCUT2D eigenvalue weighted by molar-refractivity contribution is 5.85. The number of halogens is 1. The van der Waals surface area contributed by atoms with Crippen LogP contribution in [0.4, 0.5) is 5.69 Å². The van der Waals surface area contributed by atoms with E-state index < -0.39 is 0 Å². The van der Waals surface area contributed by atoms with Crippen LogP contribution in [0.15, 0.2) is 24.3 Å². The zero-order valence-electron chi connectivity index (χ0n) is 10.2. The molecule has 1 aromatic rings. The quantitative estimate of drug-likeness (QED) is 0.548. The average Bonchev–Trinajstić information content (AvgIpc) is 2.26. The highest BCUT2D eigenvalue weighted by atomic mass is 35.5. The first kappa shape index (κ1) is 15.3. The first-order chi connectivity index (χ1) is 7.33. The van der Waals surface area contributed by atoms with Crippen LogP contribution < -0.4 is 5.73 Å². The average molecular weight is 242 g/mol. The number of rotatable bonds is 7. The van der Waals surface area contributed by atoms with Crippen molar-refractivity contribution in [1.29, 1.82) is 0 Å². The van der Waals surface area contributed by atoms with Crippen molar-refractivity contribution in [3.05, 3.63) is 29.8 Å². The summed E-state index contributed by atoms with van der Waals surface area (Å²) in [4.78, 5) is 0. The van der Waals surface area contributed by atoms with Crippen molar-refractivity contribution in [2.75, 3.05) is 5.73 Å². The van der Waals surface area contributed by atoms with Gasteiger partial charge in [-0.3, -0.25) is 0 Å². The SMILES string of the molecule is CCCCCCCCc1ccc(N)cc1.Cl. The van der Waals surface area contributed by atoms with Gasteiger partial charge >= 0.3 is 0 Å². The lowest BCUT2D eigenvalue weighted by Crippen LogP contribution is -1.88. The van der Waals surface area contributed by atoms with Gasteiger partial charge in [-0.05, 0) is 30.5 Å². The lowest BCUT2D eigenvalue weighted by Gasteiger charge is -2.02. The summed E-state index contributed by atoms with van der Waals surface area (Å²) < 4.78 is 0. The fourth-order valence-electron chi connectivity index (χ4n) is 1.79. The van der Waals surface area contributed by atoms with Gasteiger partial charge in [0.2, 0.25) is 0 Å². The number of anilines is 1. The van der Waals surface area contributed by atoms with E-state index in [1.54, 1.807) is 0 Å². The molecule has 2 N–H and O–H groups in total. The van der Waals surface area contributed by atoms with E-state index >= 15 is 0 Å². The molecule has 0 spiro atoms. The Balaban J connectivity index is 0.00000225. The Morgan fingerprint density at radius 3 is 2.06 bits per heavy atom. The molecule has 16 heavy (non-hydrogen) atoms. The molecule has 0 saturated heterocycles. The maximum absolute atomic E-state index is 5.64. The van der Waals surface area contributed by atoms with Crippen LogP contribution in [-0.4, -0.2) is 0 Å². The van der Waals surface area contributed by atoms with Crippen molar-refractivity contribution in [2.45, 2.75) is 51.9 Å². The van der Waals surface area contributed by atoms with Gasteiger partial charge in [-0.15, -0.1) is 12.4 Å². The van der Waals surface area contributed by atoms with Crippen LogP contribution in [0.25, 0.3) is 0 Å². The summed E-state index contributed by atoms with van der Waals surface area (Å²) in [5, 5.41) is 0.